The lowest BCUT2D eigenvalue weighted by Crippen LogP contribution is -2.42. The average molecular weight is 239 g/mol. The number of rotatable bonds is 8. The van der Waals surface area contributed by atoms with E-state index in [1.165, 1.54) is 0 Å². The number of aliphatic hydroxyl groups excluding tert-OH is 1. The molecule has 0 aliphatic rings. The van der Waals surface area contributed by atoms with Gasteiger partial charge in [-0.15, -0.1) is 0 Å². The summed E-state index contributed by atoms with van der Waals surface area (Å²) >= 11 is 0. The highest BCUT2D eigenvalue weighted by Gasteiger charge is 2.19. The lowest BCUT2D eigenvalue weighted by molar-refractivity contribution is 0.163. The first kappa shape index (κ1) is 14.8. The minimum Gasteiger partial charge on any atom is -0.395 e. The molecule has 0 aliphatic heterocycles. The van der Waals surface area contributed by atoms with Crippen molar-refractivity contribution >= 4 is 10.0 Å². The summed E-state index contributed by atoms with van der Waals surface area (Å²) in [6.07, 6.45) is 0. The molecule has 0 spiro atoms. The Labute approximate surface area is 91.9 Å². The van der Waals surface area contributed by atoms with Crippen molar-refractivity contribution in [1.82, 2.24) is 4.72 Å². The van der Waals surface area contributed by atoms with Gasteiger partial charge in [-0.1, -0.05) is 13.8 Å². The molecule has 0 bridgehead atoms. The fraction of sp³-hybridized carbons (Fsp3) is 1.00. The van der Waals surface area contributed by atoms with Crippen LogP contribution in [0.1, 0.15) is 20.8 Å². The molecule has 0 aromatic heterocycles. The van der Waals surface area contributed by atoms with Crippen LogP contribution in [-0.2, 0) is 14.8 Å². The van der Waals surface area contributed by atoms with Gasteiger partial charge >= 0.3 is 0 Å². The third kappa shape index (κ3) is 6.83. The topological polar surface area (TPSA) is 75.6 Å². The van der Waals surface area contributed by atoms with E-state index in [9.17, 15) is 8.42 Å². The van der Waals surface area contributed by atoms with Crippen molar-refractivity contribution < 1.29 is 18.3 Å². The predicted octanol–water partition coefficient (Wildman–Crippen LogP) is -0.0408. The molecule has 5 nitrogen and oxygen atoms in total. The van der Waals surface area contributed by atoms with E-state index in [4.69, 9.17) is 9.84 Å². The smallest absolute Gasteiger partial charge is 0.214 e. The quantitative estimate of drug-likeness (QED) is 0.583. The number of nitrogens with one attached hydrogen (secondary N) is 1. The Balaban J connectivity index is 4.11. The monoisotopic (exact) mass is 239 g/mol. The van der Waals surface area contributed by atoms with E-state index in [-0.39, 0.29) is 24.9 Å². The van der Waals surface area contributed by atoms with Gasteiger partial charge in [-0.25, -0.2) is 13.1 Å². The van der Waals surface area contributed by atoms with Crippen LogP contribution in [0.5, 0.6) is 0 Å². The molecule has 6 heteroatoms. The summed E-state index contributed by atoms with van der Waals surface area (Å²) < 4.78 is 30.4. The van der Waals surface area contributed by atoms with Gasteiger partial charge in [0.2, 0.25) is 10.0 Å². The maximum atomic E-state index is 11.5. The molecule has 92 valence electrons. The Morgan fingerprint density at radius 3 is 2.40 bits per heavy atom. The normalized spacial score (nSPS) is 14.5. The Morgan fingerprint density at radius 1 is 1.40 bits per heavy atom. The summed E-state index contributed by atoms with van der Waals surface area (Å²) in [6, 6.07) is -0.420. The second-order valence-electron chi connectivity index (χ2n) is 3.67. The van der Waals surface area contributed by atoms with E-state index in [0.29, 0.717) is 6.61 Å². The average Bonchev–Trinajstić information content (AvgIpc) is 2.14. The van der Waals surface area contributed by atoms with Gasteiger partial charge in [-0.3, -0.25) is 0 Å². The fourth-order valence-electron chi connectivity index (χ4n) is 0.987. The molecule has 0 saturated heterocycles. The predicted molar refractivity (Wildman–Crippen MR) is 59.1 cm³/mol. The van der Waals surface area contributed by atoms with Gasteiger partial charge in [0, 0.05) is 12.6 Å². The number of hydrogen-bond donors (Lipinski definition) is 2. The molecule has 1 atom stereocenters. The van der Waals surface area contributed by atoms with Crippen LogP contribution in [-0.4, -0.2) is 45.1 Å². The molecule has 0 heterocycles. The highest BCUT2D eigenvalue weighted by molar-refractivity contribution is 7.89. The first-order valence-electron chi connectivity index (χ1n) is 5.11. The molecule has 0 aromatic rings. The highest BCUT2D eigenvalue weighted by Crippen LogP contribution is 2.02. The fourth-order valence-corrected chi connectivity index (χ4v) is 2.25. The Hall–Kier alpha value is -0.170. The summed E-state index contributed by atoms with van der Waals surface area (Å²) in [6.45, 7) is 6.01. The third-order valence-corrected chi connectivity index (χ3v) is 3.40. The minimum absolute atomic E-state index is 0.0654. The molecular weight excluding hydrogens is 218 g/mol. The summed E-state index contributed by atoms with van der Waals surface area (Å²) in [7, 11) is -3.35. The summed E-state index contributed by atoms with van der Waals surface area (Å²) in [5.41, 5.74) is 0. The van der Waals surface area contributed by atoms with Gasteiger partial charge in [0.1, 0.15) is 0 Å². The van der Waals surface area contributed by atoms with E-state index < -0.39 is 16.1 Å². The zero-order valence-electron chi connectivity index (χ0n) is 9.56. The van der Waals surface area contributed by atoms with Gasteiger partial charge in [0.05, 0.1) is 19.0 Å². The van der Waals surface area contributed by atoms with E-state index in [2.05, 4.69) is 4.72 Å². The van der Waals surface area contributed by atoms with Crippen molar-refractivity contribution in [3.63, 3.8) is 0 Å². The maximum Gasteiger partial charge on any atom is 0.214 e. The molecule has 0 unspecified atom stereocenters. The van der Waals surface area contributed by atoms with E-state index in [1.54, 1.807) is 0 Å². The van der Waals surface area contributed by atoms with Crippen LogP contribution in [0.2, 0.25) is 0 Å². The van der Waals surface area contributed by atoms with Crippen molar-refractivity contribution in [1.29, 1.82) is 0 Å². The van der Waals surface area contributed by atoms with Crippen LogP contribution in [0.3, 0.4) is 0 Å². The Kier molecular flexibility index (Phi) is 7.08. The van der Waals surface area contributed by atoms with Gasteiger partial charge < -0.3 is 9.84 Å². The van der Waals surface area contributed by atoms with Gasteiger partial charge in [0.15, 0.2) is 0 Å². The second-order valence-corrected chi connectivity index (χ2v) is 5.54. The lowest BCUT2D eigenvalue weighted by atomic mass is 10.1. The Bertz CT molecular complexity index is 251. The zero-order valence-corrected chi connectivity index (χ0v) is 10.4. The molecule has 0 aromatic carbocycles. The van der Waals surface area contributed by atoms with Crippen LogP contribution in [0.25, 0.3) is 0 Å². The van der Waals surface area contributed by atoms with Crippen LogP contribution in [0, 0.1) is 5.92 Å². The van der Waals surface area contributed by atoms with Crippen molar-refractivity contribution in [2.45, 2.75) is 26.8 Å². The zero-order chi connectivity index (χ0) is 11.9. The van der Waals surface area contributed by atoms with Gasteiger partial charge in [-0.05, 0) is 12.8 Å². The SMILES string of the molecule is CCOCCS(=O)(=O)N[C@H](CO)C(C)C. The standard InChI is InChI=1S/C9H21NO4S/c1-4-14-5-6-15(12,13)10-9(7-11)8(2)3/h8-11H,4-7H2,1-3H3/t9-/m1/s1. The van der Waals surface area contributed by atoms with Crippen molar-refractivity contribution in [2.75, 3.05) is 25.6 Å². The van der Waals surface area contributed by atoms with Crippen molar-refractivity contribution in [3.05, 3.63) is 0 Å². The number of sulfonamides is 1. The van der Waals surface area contributed by atoms with Gasteiger partial charge in [-0.2, -0.15) is 0 Å². The molecule has 0 radical (unpaired) electrons. The molecule has 0 rings (SSSR count). The van der Waals surface area contributed by atoms with E-state index in [1.807, 2.05) is 20.8 Å². The number of hydrogen-bond acceptors (Lipinski definition) is 4. The molecule has 15 heavy (non-hydrogen) atoms. The first-order chi connectivity index (χ1) is 6.93. The molecule has 0 aliphatic carbocycles. The summed E-state index contributed by atoms with van der Waals surface area (Å²) in [5, 5.41) is 8.97. The van der Waals surface area contributed by atoms with Crippen molar-refractivity contribution in [3.8, 4) is 0 Å². The summed E-state index contributed by atoms with van der Waals surface area (Å²) in [5.74, 6) is 0.00113. The maximum absolute atomic E-state index is 11.5. The minimum atomic E-state index is -3.35. The van der Waals surface area contributed by atoms with Crippen LogP contribution >= 0.6 is 0 Å². The number of ether oxygens (including phenoxy) is 1. The molecule has 0 amide bonds. The summed E-state index contributed by atoms with van der Waals surface area (Å²) in [4.78, 5) is 0. The molecular formula is C9H21NO4S. The van der Waals surface area contributed by atoms with Crippen LogP contribution < -0.4 is 4.72 Å². The molecule has 0 saturated carbocycles. The molecule has 0 fully saturated rings. The third-order valence-electron chi connectivity index (χ3n) is 2.03. The first-order valence-corrected chi connectivity index (χ1v) is 6.76. The second kappa shape index (κ2) is 7.16. The lowest BCUT2D eigenvalue weighted by Gasteiger charge is -2.19. The van der Waals surface area contributed by atoms with E-state index >= 15 is 0 Å². The largest absolute Gasteiger partial charge is 0.395 e. The van der Waals surface area contributed by atoms with Crippen LogP contribution in [0.4, 0.5) is 0 Å². The highest BCUT2D eigenvalue weighted by atomic mass is 32.2. The Morgan fingerprint density at radius 2 is 2.00 bits per heavy atom. The number of aliphatic hydroxyl groups is 1. The van der Waals surface area contributed by atoms with Crippen LogP contribution in [0.15, 0.2) is 0 Å². The van der Waals surface area contributed by atoms with Crippen molar-refractivity contribution in [2.24, 2.45) is 5.92 Å². The molecule has 2 N–H and O–H groups in total. The van der Waals surface area contributed by atoms with E-state index in [0.717, 1.165) is 0 Å². The van der Waals surface area contributed by atoms with Gasteiger partial charge in [0.25, 0.3) is 0 Å².